The van der Waals surface area contributed by atoms with Crippen LogP contribution in [-0.2, 0) is 4.74 Å². The summed E-state index contributed by atoms with van der Waals surface area (Å²) in [4.78, 5) is 15.9. The molecule has 1 atom stereocenters. The zero-order valence-electron chi connectivity index (χ0n) is 8.90. The first-order valence-electron chi connectivity index (χ1n) is 5.29. The van der Waals surface area contributed by atoms with Crippen molar-refractivity contribution in [3.8, 4) is 0 Å². The van der Waals surface area contributed by atoms with E-state index < -0.39 is 0 Å². The number of ether oxygens (including phenoxy) is 1. The van der Waals surface area contributed by atoms with Gasteiger partial charge in [-0.15, -0.1) is 0 Å². The highest BCUT2D eigenvalue weighted by Crippen LogP contribution is 2.18. The van der Waals surface area contributed by atoms with E-state index in [0.29, 0.717) is 18.0 Å². The van der Waals surface area contributed by atoms with Gasteiger partial charge in [-0.2, -0.15) is 0 Å². The van der Waals surface area contributed by atoms with Crippen molar-refractivity contribution in [1.29, 1.82) is 0 Å². The monoisotopic (exact) mass is 205 g/mol. The van der Waals surface area contributed by atoms with E-state index in [1.807, 2.05) is 19.1 Å². The van der Waals surface area contributed by atoms with Crippen LogP contribution in [0.5, 0.6) is 0 Å². The molecule has 0 aromatic carbocycles. The molecule has 1 aliphatic rings. The van der Waals surface area contributed by atoms with E-state index in [1.54, 1.807) is 6.20 Å². The lowest BCUT2D eigenvalue weighted by Crippen LogP contribution is -2.10. The Morgan fingerprint density at radius 1 is 1.67 bits per heavy atom. The van der Waals surface area contributed by atoms with Crippen molar-refractivity contribution >= 4 is 5.78 Å². The number of aryl methyl sites for hydroxylation is 1. The Balaban J connectivity index is 2.01. The molecule has 1 aromatic heterocycles. The van der Waals surface area contributed by atoms with Crippen LogP contribution in [0.3, 0.4) is 0 Å². The first kappa shape index (κ1) is 10.3. The van der Waals surface area contributed by atoms with Crippen molar-refractivity contribution in [2.75, 3.05) is 13.2 Å². The van der Waals surface area contributed by atoms with Crippen LogP contribution in [0.15, 0.2) is 18.3 Å². The van der Waals surface area contributed by atoms with Crippen molar-refractivity contribution in [3.63, 3.8) is 0 Å². The molecule has 0 amide bonds. The molecule has 0 aliphatic carbocycles. The number of hydrogen-bond acceptors (Lipinski definition) is 3. The smallest absolute Gasteiger partial charge is 0.181 e. The predicted octanol–water partition coefficient (Wildman–Crippen LogP) is 2.00. The highest BCUT2D eigenvalue weighted by Gasteiger charge is 2.20. The third-order valence-corrected chi connectivity index (χ3v) is 2.70. The van der Waals surface area contributed by atoms with E-state index in [0.717, 1.165) is 25.2 Å². The molecule has 1 saturated heterocycles. The minimum absolute atomic E-state index is 0.134. The summed E-state index contributed by atoms with van der Waals surface area (Å²) in [5.74, 6) is 0.522. The van der Waals surface area contributed by atoms with E-state index in [1.165, 1.54) is 0 Å². The molecule has 1 aliphatic heterocycles. The lowest BCUT2D eigenvalue weighted by Gasteiger charge is -2.05. The highest BCUT2D eigenvalue weighted by molar-refractivity contribution is 5.94. The van der Waals surface area contributed by atoms with Crippen LogP contribution in [0, 0.1) is 12.8 Å². The summed E-state index contributed by atoms with van der Waals surface area (Å²) in [6.07, 6.45) is 3.25. The van der Waals surface area contributed by atoms with Gasteiger partial charge in [0.15, 0.2) is 5.78 Å². The first-order valence-corrected chi connectivity index (χ1v) is 5.29. The Morgan fingerprint density at radius 3 is 3.20 bits per heavy atom. The molecule has 3 nitrogen and oxygen atoms in total. The van der Waals surface area contributed by atoms with E-state index in [-0.39, 0.29) is 5.78 Å². The van der Waals surface area contributed by atoms with Crippen molar-refractivity contribution in [3.05, 3.63) is 29.6 Å². The molecule has 0 saturated carbocycles. The van der Waals surface area contributed by atoms with Crippen LogP contribution < -0.4 is 0 Å². The van der Waals surface area contributed by atoms with Crippen molar-refractivity contribution in [2.24, 2.45) is 5.92 Å². The average molecular weight is 205 g/mol. The molecular weight excluding hydrogens is 190 g/mol. The maximum atomic E-state index is 11.8. The fraction of sp³-hybridized carbons (Fsp3) is 0.500. The molecule has 15 heavy (non-hydrogen) atoms. The van der Waals surface area contributed by atoms with E-state index >= 15 is 0 Å². The second kappa shape index (κ2) is 4.53. The number of aromatic nitrogens is 1. The molecule has 1 aromatic rings. The van der Waals surface area contributed by atoms with Crippen molar-refractivity contribution < 1.29 is 9.53 Å². The fourth-order valence-corrected chi connectivity index (χ4v) is 1.80. The van der Waals surface area contributed by atoms with E-state index in [4.69, 9.17) is 4.74 Å². The summed E-state index contributed by atoms with van der Waals surface area (Å²) in [6.45, 7) is 3.48. The predicted molar refractivity (Wildman–Crippen MR) is 56.8 cm³/mol. The van der Waals surface area contributed by atoms with Gasteiger partial charge in [0, 0.05) is 25.8 Å². The minimum atomic E-state index is 0.134. The first-order chi connectivity index (χ1) is 7.25. The van der Waals surface area contributed by atoms with E-state index in [9.17, 15) is 4.79 Å². The topological polar surface area (TPSA) is 39.2 Å². The van der Waals surface area contributed by atoms with Gasteiger partial charge in [0.05, 0.1) is 0 Å². The Bertz CT molecular complexity index is 356. The summed E-state index contributed by atoms with van der Waals surface area (Å²) in [7, 11) is 0. The maximum absolute atomic E-state index is 11.8. The van der Waals surface area contributed by atoms with Crippen LogP contribution in [0.25, 0.3) is 0 Å². The zero-order valence-corrected chi connectivity index (χ0v) is 8.90. The van der Waals surface area contributed by atoms with Crippen LogP contribution in [0.1, 0.15) is 28.9 Å². The number of rotatable bonds is 3. The van der Waals surface area contributed by atoms with Crippen LogP contribution in [0.4, 0.5) is 0 Å². The van der Waals surface area contributed by atoms with Crippen LogP contribution in [-0.4, -0.2) is 24.0 Å². The summed E-state index contributed by atoms with van der Waals surface area (Å²) in [5.41, 5.74) is 1.66. The summed E-state index contributed by atoms with van der Waals surface area (Å²) in [6, 6.07) is 3.74. The number of nitrogens with zero attached hydrogens (tertiary/aromatic N) is 1. The number of carbonyl (C=O) groups is 1. The Labute approximate surface area is 89.5 Å². The molecule has 2 heterocycles. The highest BCUT2D eigenvalue weighted by atomic mass is 16.5. The number of pyridine rings is 1. The van der Waals surface area contributed by atoms with Gasteiger partial charge in [-0.25, -0.2) is 0 Å². The molecule has 1 fully saturated rings. The average Bonchev–Trinajstić information content (AvgIpc) is 2.70. The lowest BCUT2D eigenvalue weighted by molar-refractivity contribution is 0.0948. The van der Waals surface area contributed by atoms with Gasteiger partial charge in [0.2, 0.25) is 0 Å². The molecule has 0 N–H and O–H groups in total. The quantitative estimate of drug-likeness (QED) is 0.708. The SMILES string of the molecule is Cc1ccnc(C(=O)CC2CCOC2)c1. The van der Waals surface area contributed by atoms with Crippen molar-refractivity contribution in [2.45, 2.75) is 19.8 Å². The lowest BCUT2D eigenvalue weighted by atomic mass is 10.00. The molecule has 3 heteroatoms. The normalized spacial score (nSPS) is 20.5. The van der Waals surface area contributed by atoms with Gasteiger partial charge >= 0.3 is 0 Å². The summed E-state index contributed by atoms with van der Waals surface area (Å²) < 4.78 is 5.24. The van der Waals surface area contributed by atoms with Crippen molar-refractivity contribution in [1.82, 2.24) is 4.98 Å². The third kappa shape index (κ3) is 2.63. The van der Waals surface area contributed by atoms with Gasteiger partial charge in [-0.3, -0.25) is 9.78 Å². The summed E-state index contributed by atoms with van der Waals surface area (Å²) in [5, 5.41) is 0. The van der Waals surface area contributed by atoms with Gasteiger partial charge in [0.25, 0.3) is 0 Å². The minimum Gasteiger partial charge on any atom is -0.381 e. The third-order valence-electron chi connectivity index (χ3n) is 2.70. The number of carbonyl (C=O) groups excluding carboxylic acids is 1. The second-order valence-electron chi connectivity index (χ2n) is 4.08. The van der Waals surface area contributed by atoms with Gasteiger partial charge < -0.3 is 4.74 Å². The Hall–Kier alpha value is -1.22. The molecule has 0 bridgehead atoms. The molecular formula is C12H15NO2. The Kier molecular flexibility index (Phi) is 3.11. The molecule has 80 valence electrons. The number of hydrogen-bond donors (Lipinski definition) is 0. The molecule has 2 rings (SSSR count). The second-order valence-corrected chi connectivity index (χ2v) is 4.08. The largest absolute Gasteiger partial charge is 0.381 e. The number of ketones is 1. The molecule has 0 radical (unpaired) electrons. The van der Waals surface area contributed by atoms with Crippen LogP contribution in [0.2, 0.25) is 0 Å². The molecule has 1 unspecified atom stereocenters. The standard InChI is InChI=1S/C12H15NO2/c1-9-2-4-13-11(6-9)12(14)7-10-3-5-15-8-10/h2,4,6,10H,3,5,7-8H2,1H3. The Morgan fingerprint density at radius 2 is 2.53 bits per heavy atom. The van der Waals surface area contributed by atoms with Crippen LogP contribution >= 0.6 is 0 Å². The van der Waals surface area contributed by atoms with E-state index in [2.05, 4.69) is 4.98 Å². The zero-order chi connectivity index (χ0) is 10.7. The number of Topliss-reactive ketones (excluding diaryl/α,β-unsaturated/α-hetero) is 1. The molecule has 0 spiro atoms. The van der Waals surface area contributed by atoms with Gasteiger partial charge in [0.1, 0.15) is 5.69 Å². The van der Waals surface area contributed by atoms with Gasteiger partial charge in [-0.05, 0) is 37.0 Å². The maximum Gasteiger partial charge on any atom is 0.181 e. The van der Waals surface area contributed by atoms with Gasteiger partial charge in [-0.1, -0.05) is 0 Å². The fourth-order valence-electron chi connectivity index (χ4n) is 1.80. The summed E-state index contributed by atoms with van der Waals surface area (Å²) >= 11 is 0.